The van der Waals surface area contributed by atoms with Crippen molar-refractivity contribution >= 4 is 17.6 Å². The maximum absolute atomic E-state index is 13.6. The third kappa shape index (κ3) is 5.27. The molecule has 2 aromatic rings. The summed E-state index contributed by atoms with van der Waals surface area (Å²) < 4.78 is 37.4. The van der Waals surface area contributed by atoms with E-state index in [1.807, 2.05) is 6.07 Å². The van der Waals surface area contributed by atoms with E-state index in [2.05, 4.69) is 5.32 Å². The van der Waals surface area contributed by atoms with Gasteiger partial charge in [-0.05, 0) is 37.6 Å². The molecule has 7 heteroatoms. The molecule has 1 N–H and O–H groups in total. The van der Waals surface area contributed by atoms with Gasteiger partial charge in [0.2, 0.25) is 0 Å². The molecule has 0 radical (unpaired) electrons. The maximum atomic E-state index is 13.6. The Morgan fingerprint density at radius 2 is 1.81 bits per heavy atom. The minimum absolute atomic E-state index is 0.328. The number of ether oxygens (including phenoxy) is 2. The molecule has 2 aromatic carbocycles. The van der Waals surface area contributed by atoms with Crippen LogP contribution < -0.4 is 10.1 Å². The quantitative estimate of drug-likeness (QED) is 0.762. The van der Waals surface area contributed by atoms with Gasteiger partial charge in [0.05, 0.1) is 5.69 Å². The second kappa shape index (κ2) is 8.94. The monoisotopic (exact) mass is 363 g/mol. The van der Waals surface area contributed by atoms with Crippen LogP contribution in [0, 0.1) is 11.6 Å². The lowest BCUT2D eigenvalue weighted by atomic mass is 10.2. The fourth-order valence-corrected chi connectivity index (χ4v) is 2.09. The molecular weight excluding hydrogens is 344 g/mol. The molecule has 0 saturated carbocycles. The van der Waals surface area contributed by atoms with Crippen molar-refractivity contribution in [2.45, 2.75) is 32.5 Å². The highest BCUT2D eigenvalue weighted by molar-refractivity contribution is 5.95. The van der Waals surface area contributed by atoms with Gasteiger partial charge in [-0.3, -0.25) is 4.79 Å². The number of halogens is 2. The van der Waals surface area contributed by atoms with Gasteiger partial charge in [-0.1, -0.05) is 25.1 Å². The first-order chi connectivity index (χ1) is 12.4. The van der Waals surface area contributed by atoms with Crippen LogP contribution in [0.4, 0.5) is 14.5 Å². The van der Waals surface area contributed by atoms with E-state index in [9.17, 15) is 18.4 Å². The number of carbonyl (C=O) groups excluding carboxylic acids is 2. The molecule has 2 atom stereocenters. The highest BCUT2D eigenvalue weighted by Gasteiger charge is 2.26. The Morgan fingerprint density at radius 3 is 2.46 bits per heavy atom. The van der Waals surface area contributed by atoms with Crippen LogP contribution in [0.15, 0.2) is 48.5 Å². The topological polar surface area (TPSA) is 64.6 Å². The standard InChI is InChI=1S/C19H19F2NO4/c1-3-17(26-14-7-5-4-6-8-14)19(24)25-12(2)18(23)22-16-11-13(20)9-10-15(16)21/h4-12,17H,3H2,1-2H3,(H,22,23)/t12-,17+/m0/s1. The van der Waals surface area contributed by atoms with Crippen LogP contribution >= 0.6 is 0 Å². The van der Waals surface area contributed by atoms with Gasteiger partial charge in [0.1, 0.15) is 17.4 Å². The van der Waals surface area contributed by atoms with Crippen LogP contribution in [0.1, 0.15) is 20.3 Å². The number of benzene rings is 2. The van der Waals surface area contributed by atoms with E-state index in [1.165, 1.54) is 6.92 Å². The summed E-state index contributed by atoms with van der Waals surface area (Å²) in [6.07, 6.45) is -1.77. The summed E-state index contributed by atoms with van der Waals surface area (Å²) in [6, 6.07) is 11.4. The van der Waals surface area contributed by atoms with Crippen molar-refractivity contribution in [1.82, 2.24) is 0 Å². The third-order valence-electron chi connectivity index (χ3n) is 3.50. The number of anilines is 1. The lowest BCUT2D eigenvalue weighted by Crippen LogP contribution is -2.36. The predicted molar refractivity (Wildman–Crippen MR) is 91.7 cm³/mol. The Bertz CT molecular complexity index is 767. The molecule has 0 spiro atoms. The van der Waals surface area contributed by atoms with Gasteiger partial charge in [-0.15, -0.1) is 0 Å². The molecule has 0 aliphatic heterocycles. The zero-order valence-corrected chi connectivity index (χ0v) is 14.4. The molecule has 5 nitrogen and oxygen atoms in total. The average Bonchev–Trinajstić information content (AvgIpc) is 2.63. The molecule has 0 aliphatic rings. The second-order valence-corrected chi connectivity index (χ2v) is 5.52. The molecule has 0 bridgehead atoms. The molecule has 26 heavy (non-hydrogen) atoms. The number of amides is 1. The summed E-state index contributed by atoms with van der Waals surface area (Å²) in [7, 11) is 0. The van der Waals surface area contributed by atoms with E-state index in [4.69, 9.17) is 9.47 Å². The zero-order valence-electron chi connectivity index (χ0n) is 14.4. The normalized spacial score (nSPS) is 12.8. The first kappa shape index (κ1) is 19.4. The number of carbonyl (C=O) groups is 2. The average molecular weight is 363 g/mol. The number of esters is 1. The summed E-state index contributed by atoms with van der Waals surface area (Å²) in [5.41, 5.74) is -0.328. The number of nitrogens with one attached hydrogen (secondary N) is 1. The minimum atomic E-state index is -1.21. The molecule has 0 aliphatic carbocycles. The summed E-state index contributed by atoms with van der Waals surface area (Å²) in [5.74, 6) is -2.50. The predicted octanol–water partition coefficient (Wildman–Crippen LogP) is 3.69. The Labute approximate surface area is 149 Å². The first-order valence-corrected chi connectivity index (χ1v) is 8.08. The van der Waals surface area contributed by atoms with Crippen molar-refractivity contribution in [3.8, 4) is 5.75 Å². The minimum Gasteiger partial charge on any atom is -0.479 e. The molecule has 0 heterocycles. The van der Waals surface area contributed by atoms with Gasteiger partial charge in [-0.25, -0.2) is 13.6 Å². The molecular formula is C19H19F2NO4. The van der Waals surface area contributed by atoms with E-state index in [1.54, 1.807) is 31.2 Å². The van der Waals surface area contributed by atoms with Gasteiger partial charge in [0.25, 0.3) is 5.91 Å². The molecule has 2 rings (SSSR count). The molecule has 0 fully saturated rings. The van der Waals surface area contributed by atoms with Gasteiger partial charge in [0.15, 0.2) is 12.2 Å². The fourth-order valence-electron chi connectivity index (χ4n) is 2.09. The highest BCUT2D eigenvalue weighted by atomic mass is 19.1. The fraction of sp³-hybridized carbons (Fsp3) is 0.263. The van der Waals surface area contributed by atoms with Gasteiger partial charge >= 0.3 is 5.97 Å². The number of hydrogen-bond acceptors (Lipinski definition) is 4. The van der Waals surface area contributed by atoms with Crippen molar-refractivity contribution < 1.29 is 27.8 Å². The largest absolute Gasteiger partial charge is 0.479 e. The van der Waals surface area contributed by atoms with Crippen molar-refractivity contribution in [1.29, 1.82) is 0 Å². The Hall–Kier alpha value is -2.96. The van der Waals surface area contributed by atoms with E-state index in [0.29, 0.717) is 12.2 Å². The van der Waals surface area contributed by atoms with Crippen molar-refractivity contribution in [3.05, 3.63) is 60.2 Å². The van der Waals surface area contributed by atoms with E-state index in [-0.39, 0.29) is 5.69 Å². The Balaban J connectivity index is 1.96. The molecule has 0 aromatic heterocycles. The van der Waals surface area contributed by atoms with Crippen LogP contribution in [0.3, 0.4) is 0 Å². The second-order valence-electron chi connectivity index (χ2n) is 5.52. The van der Waals surface area contributed by atoms with Crippen LogP contribution in [-0.2, 0) is 14.3 Å². The first-order valence-electron chi connectivity index (χ1n) is 8.08. The molecule has 0 saturated heterocycles. The smallest absolute Gasteiger partial charge is 0.348 e. The summed E-state index contributed by atoms with van der Waals surface area (Å²) in [5, 5.41) is 2.19. The summed E-state index contributed by atoms with van der Waals surface area (Å²) >= 11 is 0. The van der Waals surface area contributed by atoms with E-state index >= 15 is 0 Å². The van der Waals surface area contributed by atoms with Gasteiger partial charge < -0.3 is 14.8 Å². The van der Waals surface area contributed by atoms with Crippen LogP contribution in [-0.4, -0.2) is 24.1 Å². The van der Waals surface area contributed by atoms with E-state index < -0.39 is 35.7 Å². The number of hydrogen-bond donors (Lipinski definition) is 1. The zero-order chi connectivity index (χ0) is 19.1. The molecule has 138 valence electrons. The van der Waals surface area contributed by atoms with Crippen molar-refractivity contribution in [2.24, 2.45) is 0 Å². The van der Waals surface area contributed by atoms with Gasteiger partial charge in [0, 0.05) is 6.07 Å². The van der Waals surface area contributed by atoms with Crippen LogP contribution in [0.25, 0.3) is 0 Å². The summed E-state index contributed by atoms with van der Waals surface area (Å²) in [6.45, 7) is 3.07. The third-order valence-corrected chi connectivity index (χ3v) is 3.50. The van der Waals surface area contributed by atoms with Gasteiger partial charge in [-0.2, -0.15) is 0 Å². The van der Waals surface area contributed by atoms with Crippen molar-refractivity contribution in [3.63, 3.8) is 0 Å². The summed E-state index contributed by atoms with van der Waals surface area (Å²) in [4.78, 5) is 24.3. The maximum Gasteiger partial charge on any atom is 0.348 e. The lowest BCUT2D eigenvalue weighted by molar-refractivity contribution is -0.160. The van der Waals surface area contributed by atoms with Crippen molar-refractivity contribution in [2.75, 3.05) is 5.32 Å². The molecule has 1 amide bonds. The van der Waals surface area contributed by atoms with Crippen LogP contribution in [0.5, 0.6) is 5.75 Å². The Morgan fingerprint density at radius 1 is 1.12 bits per heavy atom. The Kier molecular flexibility index (Phi) is 6.66. The number of rotatable bonds is 7. The SMILES string of the molecule is CC[C@@H](Oc1ccccc1)C(=O)O[C@@H](C)C(=O)Nc1cc(F)ccc1F. The van der Waals surface area contributed by atoms with E-state index in [0.717, 1.165) is 18.2 Å². The lowest BCUT2D eigenvalue weighted by Gasteiger charge is -2.19. The molecule has 0 unspecified atom stereocenters. The number of para-hydroxylation sites is 1. The highest BCUT2D eigenvalue weighted by Crippen LogP contribution is 2.17. The van der Waals surface area contributed by atoms with Crippen LogP contribution in [0.2, 0.25) is 0 Å².